The van der Waals surface area contributed by atoms with Crippen LogP contribution >= 0.6 is 23.2 Å². The van der Waals surface area contributed by atoms with Crippen LogP contribution in [0.15, 0.2) is 0 Å². The third kappa shape index (κ3) is 2.55. The summed E-state index contributed by atoms with van der Waals surface area (Å²) < 4.78 is 0. The third-order valence-electron chi connectivity index (χ3n) is 3.62. The molecule has 0 N–H and O–H groups in total. The van der Waals surface area contributed by atoms with Crippen molar-refractivity contribution in [1.82, 2.24) is 0 Å². The van der Waals surface area contributed by atoms with Gasteiger partial charge in [0.2, 0.25) is 0 Å². The molecule has 1 aromatic carbocycles. The van der Waals surface area contributed by atoms with E-state index in [-0.39, 0.29) is 0 Å². The van der Waals surface area contributed by atoms with Crippen LogP contribution in [0.2, 0.25) is 0 Å². The molecule has 0 heterocycles. The van der Waals surface area contributed by atoms with Crippen molar-refractivity contribution in [2.45, 2.75) is 40.5 Å². The van der Waals surface area contributed by atoms with Crippen LogP contribution in [0.25, 0.3) is 0 Å². The molecule has 2 heteroatoms. The minimum absolute atomic E-state index is 0.690. The van der Waals surface area contributed by atoms with Gasteiger partial charge in [-0.25, -0.2) is 0 Å². The zero-order valence-corrected chi connectivity index (χ0v) is 12.1. The maximum Gasteiger partial charge on any atom is 0.0264 e. The first-order valence-electron chi connectivity index (χ1n) is 5.74. The lowest BCUT2D eigenvalue weighted by Gasteiger charge is -2.19. The van der Waals surface area contributed by atoms with Crippen molar-refractivity contribution in [1.29, 1.82) is 0 Å². The summed E-state index contributed by atoms with van der Waals surface area (Å²) in [6, 6.07) is 0. The van der Waals surface area contributed by atoms with Gasteiger partial charge in [-0.15, -0.1) is 23.2 Å². The number of hydrogen-bond donors (Lipinski definition) is 0. The van der Waals surface area contributed by atoms with E-state index in [9.17, 15) is 0 Å². The van der Waals surface area contributed by atoms with Crippen molar-refractivity contribution in [2.75, 3.05) is 11.8 Å². The quantitative estimate of drug-likeness (QED) is 0.699. The molecule has 0 amide bonds. The van der Waals surface area contributed by atoms with Crippen molar-refractivity contribution in [3.05, 3.63) is 33.4 Å². The average molecular weight is 259 g/mol. The van der Waals surface area contributed by atoms with E-state index >= 15 is 0 Å². The summed E-state index contributed by atoms with van der Waals surface area (Å²) in [4.78, 5) is 0. The summed E-state index contributed by atoms with van der Waals surface area (Å²) >= 11 is 11.7. The van der Waals surface area contributed by atoms with E-state index in [2.05, 4.69) is 27.7 Å². The number of rotatable bonds is 4. The Bertz CT molecular complexity index is 315. The van der Waals surface area contributed by atoms with Gasteiger partial charge in [0.25, 0.3) is 0 Å². The summed E-state index contributed by atoms with van der Waals surface area (Å²) in [5.41, 5.74) is 8.41. The minimum atomic E-state index is 0.690. The molecule has 0 bridgehead atoms. The van der Waals surface area contributed by atoms with E-state index in [0.717, 1.165) is 12.8 Å². The molecule has 0 aromatic heterocycles. The summed E-state index contributed by atoms with van der Waals surface area (Å²) in [7, 11) is 0. The van der Waals surface area contributed by atoms with Gasteiger partial charge in [0.05, 0.1) is 0 Å². The van der Waals surface area contributed by atoms with Gasteiger partial charge in [-0.2, -0.15) is 0 Å². The molecular formula is C14H20Cl2. The van der Waals surface area contributed by atoms with Crippen LogP contribution in [0.3, 0.4) is 0 Å². The van der Waals surface area contributed by atoms with Crippen molar-refractivity contribution in [2.24, 2.45) is 0 Å². The fraction of sp³-hybridized carbons (Fsp3) is 0.571. The van der Waals surface area contributed by atoms with Crippen molar-refractivity contribution >= 4 is 23.2 Å². The SMILES string of the molecule is Cc1c(C)c(CCCl)c(C)c(C)c1CCCl. The van der Waals surface area contributed by atoms with Crippen LogP contribution in [0.4, 0.5) is 0 Å². The molecule has 1 rings (SSSR count). The highest BCUT2D eigenvalue weighted by molar-refractivity contribution is 6.18. The molecular weight excluding hydrogens is 239 g/mol. The van der Waals surface area contributed by atoms with Gasteiger partial charge < -0.3 is 0 Å². The molecule has 0 nitrogen and oxygen atoms in total. The van der Waals surface area contributed by atoms with E-state index in [4.69, 9.17) is 23.2 Å². The van der Waals surface area contributed by atoms with Crippen LogP contribution in [0, 0.1) is 27.7 Å². The Morgan fingerprint density at radius 2 is 0.875 bits per heavy atom. The zero-order valence-electron chi connectivity index (χ0n) is 10.6. The van der Waals surface area contributed by atoms with Crippen molar-refractivity contribution < 1.29 is 0 Å². The Kier molecular flexibility index (Phi) is 5.14. The first kappa shape index (κ1) is 13.9. The molecule has 0 fully saturated rings. The maximum atomic E-state index is 5.86. The first-order valence-corrected chi connectivity index (χ1v) is 6.81. The van der Waals surface area contributed by atoms with E-state index in [1.807, 2.05) is 0 Å². The molecule has 1 aromatic rings. The maximum absolute atomic E-state index is 5.86. The molecule has 0 aliphatic heterocycles. The molecule has 0 spiro atoms. The molecule has 0 saturated carbocycles. The standard InChI is InChI=1S/C14H20Cl2/c1-9-10(2)14(6-8-16)12(4)11(3)13(9)5-7-15/h5-8H2,1-4H3. The lowest BCUT2D eigenvalue weighted by atomic mass is 9.87. The highest BCUT2D eigenvalue weighted by atomic mass is 35.5. The molecule has 90 valence electrons. The van der Waals surface area contributed by atoms with Gasteiger partial charge in [0.1, 0.15) is 0 Å². The second-order valence-corrected chi connectivity index (χ2v) is 5.09. The normalized spacial score (nSPS) is 10.9. The van der Waals surface area contributed by atoms with Crippen LogP contribution in [-0.4, -0.2) is 11.8 Å². The monoisotopic (exact) mass is 258 g/mol. The molecule has 16 heavy (non-hydrogen) atoms. The Morgan fingerprint density at radius 3 is 1.06 bits per heavy atom. The van der Waals surface area contributed by atoms with Crippen LogP contribution < -0.4 is 0 Å². The predicted octanol–water partition coefficient (Wildman–Crippen LogP) is 4.48. The number of hydrogen-bond acceptors (Lipinski definition) is 0. The van der Waals surface area contributed by atoms with Crippen molar-refractivity contribution in [3.63, 3.8) is 0 Å². The van der Waals surface area contributed by atoms with Gasteiger partial charge in [-0.3, -0.25) is 0 Å². The Labute approximate surface area is 109 Å². The summed E-state index contributed by atoms with van der Waals surface area (Å²) in [5, 5.41) is 0. The Morgan fingerprint density at radius 1 is 0.625 bits per heavy atom. The van der Waals surface area contributed by atoms with Gasteiger partial charge in [0.15, 0.2) is 0 Å². The molecule has 0 aliphatic carbocycles. The average Bonchev–Trinajstić information content (AvgIpc) is 2.28. The van der Waals surface area contributed by atoms with E-state index in [1.54, 1.807) is 0 Å². The van der Waals surface area contributed by atoms with E-state index < -0.39 is 0 Å². The van der Waals surface area contributed by atoms with Crippen LogP contribution in [0.5, 0.6) is 0 Å². The number of alkyl halides is 2. The van der Waals surface area contributed by atoms with Crippen LogP contribution in [0.1, 0.15) is 33.4 Å². The second-order valence-electron chi connectivity index (χ2n) is 4.34. The number of benzene rings is 1. The van der Waals surface area contributed by atoms with E-state index in [0.29, 0.717) is 11.8 Å². The summed E-state index contributed by atoms with van der Waals surface area (Å²) in [6.07, 6.45) is 1.92. The fourth-order valence-electron chi connectivity index (χ4n) is 2.41. The minimum Gasteiger partial charge on any atom is -0.126 e. The molecule has 0 aliphatic rings. The molecule has 0 saturated heterocycles. The summed E-state index contributed by atoms with van der Waals surface area (Å²) in [5.74, 6) is 1.38. The third-order valence-corrected chi connectivity index (χ3v) is 4.00. The van der Waals surface area contributed by atoms with Gasteiger partial charge in [0, 0.05) is 11.8 Å². The van der Waals surface area contributed by atoms with Gasteiger partial charge >= 0.3 is 0 Å². The highest BCUT2D eigenvalue weighted by Crippen LogP contribution is 2.27. The molecule has 0 radical (unpaired) electrons. The van der Waals surface area contributed by atoms with Crippen molar-refractivity contribution in [3.8, 4) is 0 Å². The van der Waals surface area contributed by atoms with Gasteiger partial charge in [-0.05, 0) is 73.9 Å². The largest absolute Gasteiger partial charge is 0.126 e. The predicted molar refractivity (Wildman–Crippen MR) is 74.2 cm³/mol. The van der Waals surface area contributed by atoms with Crippen LogP contribution in [-0.2, 0) is 12.8 Å². The number of halogens is 2. The summed E-state index contributed by atoms with van der Waals surface area (Å²) in [6.45, 7) is 8.78. The lowest BCUT2D eigenvalue weighted by Crippen LogP contribution is -2.06. The zero-order chi connectivity index (χ0) is 12.3. The Hall–Kier alpha value is -0.200. The molecule has 0 atom stereocenters. The van der Waals surface area contributed by atoms with E-state index in [1.165, 1.54) is 33.4 Å². The highest BCUT2D eigenvalue weighted by Gasteiger charge is 2.13. The first-order chi connectivity index (χ1) is 7.54. The topological polar surface area (TPSA) is 0 Å². The molecule has 0 unspecified atom stereocenters. The smallest absolute Gasteiger partial charge is 0.0264 e. The second kappa shape index (κ2) is 5.93. The Balaban J connectivity index is 3.37. The lowest BCUT2D eigenvalue weighted by molar-refractivity contribution is 1.00. The van der Waals surface area contributed by atoms with Gasteiger partial charge in [-0.1, -0.05) is 0 Å². The fourth-order valence-corrected chi connectivity index (χ4v) is 2.78.